The molecule has 204 valence electrons. The van der Waals surface area contributed by atoms with Crippen LogP contribution < -0.4 is 29.2 Å². The smallest absolute Gasteiger partial charge is 0.259 e. The van der Waals surface area contributed by atoms with E-state index in [2.05, 4.69) is 5.32 Å². The first-order valence-electron chi connectivity index (χ1n) is 12.7. The molecule has 0 unspecified atom stereocenters. The van der Waals surface area contributed by atoms with Crippen LogP contribution >= 0.6 is 0 Å². The molecule has 4 aromatic rings. The van der Waals surface area contributed by atoms with Gasteiger partial charge in [-0.2, -0.15) is 0 Å². The van der Waals surface area contributed by atoms with E-state index in [1.807, 2.05) is 48.5 Å². The summed E-state index contributed by atoms with van der Waals surface area (Å²) in [4.78, 5) is 30.0. The third-order valence-corrected chi connectivity index (χ3v) is 7.08. The lowest BCUT2D eigenvalue weighted by molar-refractivity contribution is -0.118. The molecule has 0 bridgehead atoms. The average Bonchev–Trinajstić information content (AvgIpc) is 3.01. The van der Waals surface area contributed by atoms with Crippen molar-refractivity contribution in [1.29, 1.82) is 0 Å². The van der Waals surface area contributed by atoms with E-state index < -0.39 is 12.0 Å². The molecule has 1 heterocycles. The number of fused-ring (bicyclic) bond motifs is 1. The van der Waals surface area contributed by atoms with Crippen LogP contribution in [0, 0.1) is 0 Å². The highest BCUT2D eigenvalue weighted by Gasteiger charge is 2.45. The van der Waals surface area contributed by atoms with Gasteiger partial charge in [0.2, 0.25) is 5.91 Å². The van der Waals surface area contributed by atoms with Crippen LogP contribution in [0.1, 0.15) is 33.4 Å². The summed E-state index contributed by atoms with van der Waals surface area (Å²) in [6.07, 6.45) is 0. The molecule has 1 aliphatic heterocycles. The van der Waals surface area contributed by atoms with E-state index in [1.54, 1.807) is 75.8 Å². The summed E-state index contributed by atoms with van der Waals surface area (Å²) >= 11 is 0. The van der Waals surface area contributed by atoms with Gasteiger partial charge in [0.15, 0.2) is 11.5 Å². The van der Waals surface area contributed by atoms with Crippen LogP contribution in [0.2, 0.25) is 0 Å². The largest absolute Gasteiger partial charge is 0.497 e. The van der Waals surface area contributed by atoms with E-state index in [0.29, 0.717) is 45.5 Å². The van der Waals surface area contributed by atoms with Crippen molar-refractivity contribution in [2.24, 2.45) is 0 Å². The molecule has 0 aliphatic carbocycles. The number of amides is 2. The fourth-order valence-electron chi connectivity index (χ4n) is 5.12. The Morgan fingerprint density at radius 3 is 1.98 bits per heavy atom. The van der Waals surface area contributed by atoms with Crippen molar-refractivity contribution in [1.82, 2.24) is 0 Å². The third-order valence-electron chi connectivity index (χ3n) is 7.08. The van der Waals surface area contributed by atoms with Crippen molar-refractivity contribution in [3.63, 3.8) is 0 Å². The number of hydrogen-bond donors (Lipinski definition) is 1. The minimum Gasteiger partial charge on any atom is -0.497 e. The van der Waals surface area contributed by atoms with Gasteiger partial charge in [-0.15, -0.1) is 0 Å². The summed E-state index contributed by atoms with van der Waals surface area (Å²) in [5.41, 5.74) is 3.09. The van der Waals surface area contributed by atoms with E-state index in [-0.39, 0.29) is 11.8 Å². The van der Waals surface area contributed by atoms with Gasteiger partial charge in [0.25, 0.3) is 5.91 Å². The number of rotatable bonds is 8. The molecule has 5 rings (SSSR count). The fourth-order valence-corrected chi connectivity index (χ4v) is 5.12. The monoisotopic (exact) mass is 538 g/mol. The molecule has 0 saturated heterocycles. The number of nitrogens with zero attached hydrogens (tertiary/aromatic N) is 1. The Kier molecular flexibility index (Phi) is 7.59. The first kappa shape index (κ1) is 26.6. The standard InChI is InChI=1S/C32H30N2O6/c1-37-23-14-9-20(10-15-23)30-29(31(35)33-21-11-18-27(39-3)28(19-21)40-4)25-7-5-6-8-26(25)32(36)34(30)22-12-16-24(38-2)17-13-22/h5-19,29-30H,1-4H3,(H,33,35)/t29-,30-/m0/s1. The second-order valence-corrected chi connectivity index (χ2v) is 9.22. The summed E-state index contributed by atoms with van der Waals surface area (Å²) in [5, 5.41) is 3.05. The van der Waals surface area contributed by atoms with Gasteiger partial charge >= 0.3 is 0 Å². The lowest BCUT2D eigenvalue weighted by Gasteiger charge is -2.42. The molecule has 2 atom stereocenters. The average molecular weight is 539 g/mol. The third kappa shape index (κ3) is 4.91. The zero-order valence-corrected chi connectivity index (χ0v) is 22.7. The molecule has 0 aromatic heterocycles. The predicted molar refractivity (Wildman–Crippen MR) is 153 cm³/mol. The van der Waals surface area contributed by atoms with Crippen molar-refractivity contribution < 1.29 is 28.5 Å². The zero-order chi connectivity index (χ0) is 28.2. The molecular weight excluding hydrogens is 508 g/mol. The number of methoxy groups -OCH3 is 4. The molecule has 0 spiro atoms. The molecule has 1 aliphatic rings. The highest BCUT2D eigenvalue weighted by molar-refractivity contribution is 6.12. The summed E-state index contributed by atoms with van der Waals surface area (Å²) < 4.78 is 21.5. The molecule has 8 heteroatoms. The van der Waals surface area contributed by atoms with Gasteiger partial charge in [0.05, 0.1) is 40.4 Å². The van der Waals surface area contributed by atoms with Crippen molar-refractivity contribution >= 4 is 23.2 Å². The first-order chi connectivity index (χ1) is 19.5. The Labute approximate surface area is 233 Å². The lowest BCUT2D eigenvalue weighted by Crippen LogP contribution is -2.46. The summed E-state index contributed by atoms with van der Waals surface area (Å²) in [5.74, 6) is 1.17. The molecular formula is C32H30N2O6. The summed E-state index contributed by atoms with van der Waals surface area (Å²) in [6, 6.07) is 26.5. The van der Waals surface area contributed by atoms with E-state index >= 15 is 0 Å². The van der Waals surface area contributed by atoms with Gasteiger partial charge in [-0.05, 0) is 65.7 Å². The molecule has 0 saturated carbocycles. The van der Waals surface area contributed by atoms with Gasteiger partial charge < -0.3 is 24.3 Å². The molecule has 8 nitrogen and oxygen atoms in total. The maximum absolute atomic E-state index is 14.2. The van der Waals surface area contributed by atoms with Gasteiger partial charge in [0, 0.05) is 23.0 Å². The highest BCUT2D eigenvalue weighted by atomic mass is 16.5. The van der Waals surface area contributed by atoms with Crippen LogP contribution in [-0.2, 0) is 4.79 Å². The topological polar surface area (TPSA) is 86.3 Å². The summed E-state index contributed by atoms with van der Waals surface area (Å²) in [6.45, 7) is 0. The molecule has 40 heavy (non-hydrogen) atoms. The number of benzene rings is 4. The number of ether oxygens (including phenoxy) is 4. The minimum absolute atomic E-state index is 0.197. The maximum atomic E-state index is 14.2. The van der Waals surface area contributed by atoms with E-state index in [0.717, 1.165) is 5.56 Å². The molecule has 0 radical (unpaired) electrons. The van der Waals surface area contributed by atoms with E-state index in [4.69, 9.17) is 18.9 Å². The fraction of sp³-hybridized carbons (Fsp3) is 0.188. The van der Waals surface area contributed by atoms with Crippen LogP contribution in [0.3, 0.4) is 0 Å². The van der Waals surface area contributed by atoms with Gasteiger partial charge in [-0.1, -0.05) is 30.3 Å². The SMILES string of the molecule is COc1ccc([C@H]2[C@@H](C(=O)Nc3ccc(OC)c(OC)c3)c3ccccc3C(=O)N2c2ccc(OC)cc2)cc1. The lowest BCUT2D eigenvalue weighted by atomic mass is 9.78. The Bertz CT molecular complexity index is 1520. The minimum atomic E-state index is -0.738. The van der Waals surface area contributed by atoms with Crippen molar-refractivity contribution in [3.05, 3.63) is 108 Å². The van der Waals surface area contributed by atoms with Crippen molar-refractivity contribution in [2.75, 3.05) is 38.7 Å². The van der Waals surface area contributed by atoms with Crippen molar-refractivity contribution in [3.8, 4) is 23.0 Å². The van der Waals surface area contributed by atoms with Crippen LogP contribution in [-0.4, -0.2) is 40.3 Å². The molecule has 2 amide bonds. The number of anilines is 2. The van der Waals surface area contributed by atoms with Crippen LogP contribution in [0.25, 0.3) is 0 Å². The van der Waals surface area contributed by atoms with Crippen LogP contribution in [0.4, 0.5) is 11.4 Å². The Morgan fingerprint density at radius 2 is 1.35 bits per heavy atom. The Morgan fingerprint density at radius 1 is 0.725 bits per heavy atom. The first-order valence-corrected chi connectivity index (χ1v) is 12.7. The number of carbonyl (C=O) groups is 2. The Hall–Kier alpha value is -4.98. The van der Waals surface area contributed by atoms with Crippen LogP contribution in [0.5, 0.6) is 23.0 Å². The molecule has 0 fully saturated rings. The second kappa shape index (κ2) is 11.4. The molecule has 4 aromatic carbocycles. The van der Waals surface area contributed by atoms with E-state index in [9.17, 15) is 9.59 Å². The van der Waals surface area contributed by atoms with Gasteiger partial charge in [0.1, 0.15) is 11.5 Å². The number of carbonyl (C=O) groups excluding carboxylic acids is 2. The quantitative estimate of drug-likeness (QED) is 0.303. The molecule has 1 N–H and O–H groups in total. The normalized spacial score (nSPS) is 16.1. The van der Waals surface area contributed by atoms with Crippen LogP contribution in [0.15, 0.2) is 91.0 Å². The number of nitrogens with one attached hydrogen (secondary N) is 1. The van der Waals surface area contributed by atoms with Gasteiger partial charge in [-0.3, -0.25) is 14.5 Å². The zero-order valence-electron chi connectivity index (χ0n) is 22.7. The van der Waals surface area contributed by atoms with Gasteiger partial charge in [-0.25, -0.2) is 0 Å². The second-order valence-electron chi connectivity index (χ2n) is 9.22. The Balaban J connectivity index is 1.65. The summed E-state index contributed by atoms with van der Waals surface area (Å²) in [7, 11) is 6.28. The van der Waals surface area contributed by atoms with Crippen molar-refractivity contribution in [2.45, 2.75) is 12.0 Å². The predicted octanol–water partition coefficient (Wildman–Crippen LogP) is 5.85. The maximum Gasteiger partial charge on any atom is 0.259 e. The highest BCUT2D eigenvalue weighted by Crippen LogP contribution is 2.46. The number of hydrogen-bond acceptors (Lipinski definition) is 6. The van der Waals surface area contributed by atoms with E-state index in [1.165, 1.54) is 0 Å².